The standard InChI is InChI=1S/C13H16O/c1-3-4-10-13(2,11-14)12-8-6-5-7-9-12/h3-9,11H,10H2,1-2H3/b4-3+/t13-/m1/s1. The molecule has 0 heterocycles. The maximum Gasteiger partial charge on any atom is 0.130 e. The first-order chi connectivity index (χ1) is 6.73. The zero-order valence-electron chi connectivity index (χ0n) is 8.73. The number of hydrogen-bond donors (Lipinski definition) is 0. The third kappa shape index (κ3) is 2.32. The molecule has 0 aliphatic carbocycles. The topological polar surface area (TPSA) is 17.1 Å². The molecule has 0 aliphatic rings. The number of rotatable bonds is 4. The van der Waals surface area contributed by atoms with Crippen LogP contribution in [0.4, 0.5) is 0 Å². The van der Waals surface area contributed by atoms with E-state index in [4.69, 9.17) is 0 Å². The zero-order chi connectivity index (χ0) is 10.4. The highest BCUT2D eigenvalue weighted by Gasteiger charge is 2.23. The monoisotopic (exact) mass is 188 g/mol. The van der Waals surface area contributed by atoms with E-state index in [1.54, 1.807) is 0 Å². The maximum atomic E-state index is 11.1. The summed E-state index contributed by atoms with van der Waals surface area (Å²) in [5.74, 6) is 0. The third-order valence-corrected chi connectivity index (χ3v) is 2.47. The third-order valence-electron chi connectivity index (χ3n) is 2.47. The molecule has 1 aromatic carbocycles. The van der Waals surface area contributed by atoms with Crippen LogP contribution in [0.5, 0.6) is 0 Å². The lowest BCUT2D eigenvalue weighted by Gasteiger charge is -2.21. The van der Waals surface area contributed by atoms with Gasteiger partial charge in [-0.3, -0.25) is 0 Å². The van der Waals surface area contributed by atoms with Crippen molar-refractivity contribution in [2.45, 2.75) is 25.7 Å². The number of benzene rings is 1. The molecule has 1 atom stereocenters. The Morgan fingerprint density at radius 3 is 2.43 bits per heavy atom. The molecule has 0 spiro atoms. The molecule has 1 aromatic rings. The summed E-state index contributed by atoms with van der Waals surface area (Å²) in [6.07, 6.45) is 5.80. The lowest BCUT2D eigenvalue weighted by atomic mass is 9.81. The number of carbonyl (C=O) groups is 1. The average Bonchev–Trinajstić information content (AvgIpc) is 2.27. The molecular weight excluding hydrogens is 172 g/mol. The van der Waals surface area contributed by atoms with Crippen molar-refractivity contribution in [3.63, 3.8) is 0 Å². The van der Waals surface area contributed by atoms with Crippen molar-refractivity contribution in [1.29, 1.82) is 0 Å². The fraction of sp³-hybridized carbons (Fsp3) is 0.308. The van der Waals surface area contributed by atoms with Crippen LogP contribution >= 0.6 is 0 Å². The Kier molecular flexibility index (Phi) is 3.63. The molecule has 0 aromatic heterocycles. The average molecular weight is 188 g/mol. The first-order valence-corrected chi connectivity index (χ1v) is 4.86. The molecule has 1 heteroatoms. The minimum Gasteiger partial charge on any atom is -0.302 e. The van der Waals surface area contributed by atoms with Crippen LogP contribution in [0.15, 0.2) is 42.5 Å². The second-order valence-corrected chi connectivity index (χ2v) is 3.67. The first kappa shape index (κ1) is 10.7. The quantitative estimate of drug-likeness (QED) is 0.524. The summed E-state index contributed by atoms with van der Waals surface area (Å²) in [6.45, 7) is 3.94. The molecule has 0 N–H and O–H groups in total. The van der Waals surface area contributed by atoms with Gasteiger partial charge in [0.1, 0.15) is 6.29 Å². The molecule has 74 valence electrons. The maximum absolute atomic E-state index is 11.1. The summed E-state index contributed by atoms with van der Waals surface area (Å²) in [4.78, 5) is 11.1. The zero-order valence-corrected chi connectivity index (χ0v) is 8.73. The van der Waals surface area contributed by atoms with Gasteiger partial charge in [0, 0.05) is 0 Å². The van der Waals surface area contributed by atoms with Gasteiger partial charge in [-0.15, -0.1) is 0 Å². The van der Waals surface area contributed by atoms with Crippen LogP contribution in [0.1, 0.15) is 25.8 Å². The van der Waals surface area contributed by atoms with Gasteiger partial charge in [-0.2, -0.15) is 0 Å². The van der Waals surface area contributed by atoms with Crippen molar-refractivity contribution >= 4 is 6.29 Å². The van der Waals surface area contributed by atoms with Crippen molar-refractivity contribution < 1.29 is 4.79 Å². The van der Waals surface area contributed by atoms with E-state index in [0.717, 1.165) is 18.3 Å². The Hall–Kier alpha value is -1.37. The Morgan fingerprint density at radius 2 is 1.93 bits per heavy atom. The van der Waals surface area contributed by atoms with E-state index in [1.807, 2.05) is 56.3 Å². The summed E-state index contributed by atoms with van der Waals surface area (Å²) in [5.41, 5.74) is 0.696. The van der Waals surface area contributed by atoms with Crippen LogP contribution < -0.4 is 0 Å². The fourth-order valence-corrected chi connectivity index (χ4v) is 1.42. The van der Waals surface area contributed by atoms with Gasteiger partial charge in [-0.1, -0.05) is 42.5 Å². The van der Waals surface area contributed by atoms with Gasteiger partial charge in [0.15, 0.2) is 0 Å². The van der Waals surface area contributed by atoms with Gasteiger partial charge in [0.05, 0.1) is 5.41 Å². The van der Waals surface area contributed by atoms with Crippen molar-refractivity contribution in [3.8, 4) is 0 Å². The van der Waals surface area contributed by atoms with Crippen LogP contribution in [0.25, 0.3) is 0 Å². The Morgan fingerprint density at radius 1 is 1.29 bits per heavy atom. The summed E-state index contributed by atoms with van der Waals surface area (Å²) in [5, 5.41) is 0. The Balaban J connectivity index is 2.95. The number of carbonyl (C=O) groups excluding carboxylic acids is 1. The Labute approximate surface area is 85.5 Å². The van der Waals surface area contributed by atoms with E-state index < -0.39 is 0 Å². The van der Waals surface area contributed by atoms with Crippen LogP contribution in [0, 0.1) is 0 Å². The smallest absolute Gasteiger partial charge is 0.130 e. The number of aldehydes is 1. The first-order valence-electron chi connectivity index (χ1n) is 4.86. The van der Waals surface area contributed by atoms with E-state index in [2.05, 4.69) is 0 Å². The predicted molar refractivity (Wildman–Crippen MR) is 59.3 cm³/mol. The van der Waals surface area contributed by atoms with E-state index in [-0.39, 0.29) is 5.41 Å². The molecule has 0 bridgehead atoms. The summed E-state index contributed by atoms with van der Waals surface area (Å²) >= 11 is 0. The summed E-state index contributed by atoms with van der Waals surface area (Å²) in [7, 11) is 0. The minimum absolute atomic E-state index is 0.381. The second-order valence-electron chi connectivity index (χ2n) is 3.67. The molecule has 0 fully saturated rings. The molecule has 14 heavy (non-hydrogen) atoms. The molecule has 0 radical (unpaired) electrons. The molecule has 0 saturated carbocycles. The highest BCUT2D eigenvalue weighted by molar-refractivity contribution is 5.68. The molecule has 1 nitrogen and oxygen atoms in total. The van der Waals surface area contributed by atoms with Gasteiger partial charge < -0.3 is 4.79 Å². The molecular formula is C13H16O. The minimum atomic E-state index is -0.381. The number of hydrogen-bond acceptors (Lipinski definition) is 1. The summed E-state index contributed by atoms with van der Waals surface area (Å²) in [6, 6.07) is 9.89. The van der Waals surface area contributed by atoms with E-state index in [0.29, 0.717) is 0 Å². The SMILES string of the molecule is C/C=C/C[C@](C)(C=O)c1ccccc1. The predicted octanol–water partition coefficient (Wildman–Crippen LogP) is 3.11. The van der Waals surface area contributed by atoms with E-state index >= 15 is 0 Å². The van der Waals surface area contributed by atoms with E-state index in [1.165, 1.54) is 0 Å². The van der Waals surface area contributed by atoms with Crippen LogP contribution in [0.2, 0.25) is 0 Å². The van der Waals surface area contributed by atoms with Crippen molar-refractivity contribution in [1.82, 2.24) is 0 Å². The van der Waals surface area contributed by atoms with E-state index in [9.17, 15) is 4.79 Å². The van der Waals surface area contributed by atoms with Gasteiger partial charge in [-0.25, -0.2) is 0 Å². The molecule has 1 rings (SSSR count). The highest BCUT2D eigenvalue weighted by Crippen LogP contribution is 2.25. The van der Waals surface area contributed by atoms with Crippen molar-refractivity contribution in [2.24, 2.45) is 0 Å². The van der Waals surface area contributed by atoms with Gasteiger partial charge in [0.2, 0.25) is 0 Å². The highest BCUT2D eigenvalue weighted by atomic mass is 16.1. The molecule has 0 aliphatic heterocycles. The number of allylic oxidation sites excluding steroid dienone is 2. The Bertz CT molecular complexity index is 313. The van der Waals surface area contributed by atoms with Crippen LogP contribution in [-0.2, 0) is 10.2 Å². The van der Waals surface area contributed by atoms with Gasteiger partial charge >= 0.3 is 0 Å². The van der Waals surface area contributed by atoms with Crippen molar-refractivity contribution in [2.75, 3.05) is 0 Å². The largest absolute Gasteiger partial charge is 0.302 e. The molecule has 0 amide bonds. The molecule has 0 unspecified atom stereocenters. The normalized spacial score (nSPS) is 15.3. The van der Waals surface area contributed by atoms with Gasteiger partial charge in [0.25, 0.3) is 0 Å². The summed E-state index contributed by atoms with van der Waals surface area (Å²) < 4.78 is 0. The lowest BCUT2D eigenvalue weighted by molar-refractivity contribution is -0.112. The van der Waals surface area contributed by atoms with Crippen LogP contribution in [-0.4, -0.2) is 6.29 Å². The fourth-order valence-electron chi connectivity index (χ4n) is 1.42. The van der Waals surface area contributed by atoms with Crippen molar-refractivity contribution in [3.05, 3.63) is 48.0 Å². The van der Waals surface area contributed by atoms with Crippen LogP contribution in [0.3, 0.4) is 0 Å². The second kappa shape index (κ2) is 4.75. The van der Waals surface area contributed by atoms with Gasteiger partial charge in [-0.05, 0) is 25.8 Å². The lowest BCUT2D eigenvalue weighted by Crippen LogP contribution is -2.22. The molecule has 0 saturated heterocycles.